The Morgan fingerprint density at radius 3 is 2.42 bits per heavy atom. The van der Waals surface area contributed by atoms with Gasteiger partial charge in [-0.3, -0.25) is 9.59 Å². The molecule has 0 spiro atoms. The molecule has 0 saturated carbocycles. The largest absolute Gasteiger partial charge is 0.370 e. The minimum Gasteiger partial charge on any atom is -0.370 e. The average molecular weight is 163 g/mol. The van der Waals surface area contributed by atoms with Gasteiger partial charge in [0.2, 0.25) is 0 Å². The van der Waals surface area contributed by atoms with Crippen LogP contribution in [0.3, 0.4) is 0 Å². The number of ketones is 2. The summed E-state index contributed by atoms with van der Waals surface area (Å²) in [4.78, 5) is 22.4. The van der Waals surface area contributed by atoms with Crippen LogP contribution in [0.15, 0.2) is 23.3 Å². The van der Waals surface area contributed by atoms with Crippen molar-refractivity contribution in [2.24, 2.45) is 0 Å². The zero-order valence-corrected chi connectivity index (χ0v) is 6.37. The SMILES string of the molecule is O=C1C=CC(=O)C2=C1C[CH]OC2. The third-order valence-corrected chi connectivity index (χ3v) is 1.98. The lowest BCUT2D eigenvalue weighted by Gasteiger charge is -2.18. The lowest BCUT2D eigenvalue weighted by Crippen LogP contribution is -2.21. The lowest BCUT2D eigenvalue weighted by atomic mass is 9.92. The highest BCUT2D eigenvalue weighted by atomic mass is 16.5. The van der Waals surface area contributed by atoms with Crippen LogP contribution in [0.1, 0.15) is 6.42 Å². The number of carbonyl (C=O) groups excluding carboxylic acids is 2. The summed E-state index contributed by atoms with van der Waals surface area (Å²) in [6.45, 7) is 1.80. The molecule has 2 aliphatic rings. The summed E-state index contributed by atoms with van der Waals surface area (Å²) in [6.07, 6.45) is 3.07. The summed E-state index contributed by atoms with van der Waals surface area (Å²) >= 11 is 0. The van der Waals surface area contributed by atoms with Crippen molar-refractivity contribution in [1.82, 2.24) is 0 Å². The van der Waals surface area contributed by atoms with Gasteiger partial charge < -0.3 is 4.74 Å². The molecule has 2 rings (SSSR count). The van der Waals surface area contributed by atoms with E-state index in [1.165, 1.54) is 12.2 Å². The van der Waals surface area contributed by atoms with Crippen LogP contribution in [0.4, 0.5) is 0 Å². The van der Waals surface area contributed by atoms with E-state index in [9.17, 15) is 9.59 Å². The van der Waals surface area contributed by atoms with E-state index in [4.69, 9.17) is 4.74 Å². The highest BCUT2D eigenvalue weighted by Crippen LogP contribution is 2.23. The molecular weight excluding hydrogens is 156 g/mol. The van der Waals surface area contributed by atoms with Crippen LogP contribution in [0.25, 0.3) is 0 Å². The van der Waals surface area contributed by atoms with E-state index in [1.807, 2.05) is 0 Å². The molecule has 0 saturated heterocycles. The molecule has 1 aliphatic heterocycles. The molecular formula is C9H7O3. The maximum Gasteiger partial charge on any atom is 0.184 e. The van der Waals surface area contributed by atoms with Crippen molar-refractivity contribution < 1.29 is 14.3 Å². The van der Waals surface area contributed by atoms with Crippen molar-refractivity contribution in [2.75, 3.05) is 6.61 Å². The Morgan fingerprint density at radius 2 is 1.75 bits per heavy atom. The number of rotatable bonds is 0. The van der Waals surface area contributed by atoms with E-state index in [1.54, 1.807) is 6.61 Å². The first-order chi connectivity index (χ1) is 5.79. The van der Waals surface area contributed by atoms with Gasteiger partial charge in [-0.2, -0.15) is 0 Å². The minimum absolute atomic E-state index is 0.0656. The van der Waals surface area contributed by atoms with Crippen LogP contribution >= 0.6 is 0 Å². The van der Waals surface area contributed by atoms with Gasteiger partial charge >= 0.3 is 0 Å². The monoisotopic (exact) mass is 163 g/mol. The molecule has 0 atom stereocenters. The smallest absolute Gasteiger partial charge is 0.184 e. The Kier molecular flexibility index (Phi) is 1.66. The second-order valence-corrected chi connectivity index (χ2v) is 2.70. The summed E-state index contributed by atoms with van der Waals surface area (Å²) < 4.78 is 4.97. The molecule has 0 aromatic carbocycles. The highest BCUT2D eigenvalue weighted by molar-refractivity contribution is 6.20. The lowest BCUT2D eigenvalue weighted by molar-refractivity contribution is -0.116. The van der Waals surface area contributed by atoms with Crippen molar-refractivity contribution in [3.63, 3.8) is 0 Å². The van der Waals surface area contributed by atoms with Gasteiger partial charge in [0.1, 0.15) is 0 Å². The average Bonchev–Trinajstić information content (AvgIpc) is 2.12. The number of allylic oxidation sites excluding steroid dienone is 2. The highest BCUT2D eigenvalue weighted by Gasteiger charge is 2.25. The molecule has 0 bridgehead atoms. The van der Waals surface area contributed by atoms with Gasteiger partial charge in [0.25, 0.3) is 0 Å². The zero-order chi connectivity index (χ0) is 8.55. The van der Waals surface area contributed by atoms with E-state index in [0.717, 1.165) is 0 Å². The fraction of sp³-hybridized carbons (Fsp3) is 0.222. The first-order valence-electron chi connectivity index (χ1n) is 3.71. The molecule has 0 unspecified atom stereocenters. The normalized spacial score (nSPS) is 23.0. The zero-order valence-electron chi connectivity index (χ0n) is 6.37. The fourth-order valence-electron chi connectivity index (χ4n) is 1.32. The maximum absolute atomic E-state index is 11.2. The molecule has 0 aromatic heterocycles. The van der Waals surface area contributed by atoms with E-state index in [2.05, 4.69) is 0 Å². The quantitative estimate of drug-likeness (QED) is 0.490. The van der Waals surface area contributed by atoms with Crippen molar-refractivity contribution in [1.29, 1.82) is 0 Å². The Hall–Kier alpha value is -1.22. The molecule has 61 valence electrons. The first-order valence-corrected chi connectivity index (χ1v) is 3.71. The van der Waals surface area contributed by atoms with Crippen LogP contribution < -0.4 is 0 Å². The van der Waals surface area contributed by atoms with Crippen molar-refractivity contribution in [3.8, 4) is 0 Å². The van der Waals surface area contributed by atoms with E-state index in [0.29, 0.717) is 17.6 Å². The number of ether oxygens (including phenoxy) is 1. The van der Waals surface area contributed by atoms with Gasteiger partial charge in [-0.1, -0.05) is 0 Å². The summed E-state index contributed by atoms with van der Waals surface area (Å²) in [5, 5.41) is 0. The number of carbonyl (C=O) groups is 2. The van der Waals surface area contributed by atoms with Gasteiger partial charge in [-0.05, 0) is 12.2 Å². The van der Waals surface area contributed by atoms with E-state index >= 15 is 0 Å². The summed E-state index contributed by atoms with van der Waals surface area (Å²) in [5.41, 5.74) is 1.11. The van der Waals surface area contributed by atoms with E-state index < -0.39 is 0 Å². The van der Waals surface area contributed by atoms with Crippen LogP contribution in [0.2, 0.25) is 0 Å². The van der Waals surface area contributed by atoms with Crippen LogP contribution in [0.5, 0.6) is 0 Å². The van der Waals surface area contributed by atoms with Gasteiger partial charge in [0.05, 0.1) is 13.2 Å². The van der Waals surface area contributed by atoms with Crippen molar-refractivity contribution >= 4 is 11.6 Å². The Balaban J connectivity index is 2.43. The molecule has 3 nitrogen and oxygen atoms in total. The molecule has 1 radical (unpaired) electrons. The molecule has 12 heavy (non-hydrogen) atoms. The second kappa shape index (κ2) is 2.68. The van der Waals surface area contributed by atoms with Crippen molar-refractivity contribution in [2.45, 2.75) is 6.42 Å². The Bertz CT molecular complexity index is 280. The van der Waals surface area contributed by atoms with E-state index in [-0.39, 0.29) is 18.2 Å². The third-order valence-electron chi connectivity index (χ3n) is 1.98. The maximum atomic E-state index is 11.2. The molecule has 0 fully saturated rings. The predicted octanol–water partition coefficient (Wildman–Crippen LogP) is 0.573. The Labute approximate surface area is 69.7 Å². The fourth-order valence-corrected chi connectivity index (χ4v) is 1.32. The van der Waals surface area contributed by atoms with Gasteiger partial charge in [-0.25, -0.2) is 0 Å². The molecule has 0 aromatic rings. The third kappa shape index (κ3) is 1.02. The second-order valence-electron chi connectivity index (χ2n) is 2.70. The van der Waals surface area contributed by atoms with Gasteiger partial charge in [0, 0.05) is 17.6 Å². The first kappa shape index (κ1) is 7.43. The molecule has 0 amide bonds. The van der Waals surface area contributed by atoms with Crippen LogP contribution in [-0.4, -0.2) is 18.2 Å². The minimum atomic E-state index is -0.0994. The summed E-state index contributed by atoms with van der Waals surface area (Å²) in [7, 11) is 0. The summed E-state index contributed by atoms with van der Waals surface area (Å²) in [6, 6.07) is 0. The molecule has 1 aliphatic carbocycles. The van der Waals surface area contributed by atoms with Crippen LogP contribution in [-0.2, 0) is 14.3 Å². The number of hydrogen-bond donors (Lipinski definition) is 0. The molecule has 3 heteroatoms. The van der Waals surface area contributed by atoms with Crippen molar-refractivity contribution in [3.05, 3.63) is 29.9 Å². The standard InChI is InChI=1S/C9H7O3/c10-8-1-2-9(11)7-5-12-4-3-6(7)8/h1-2,4H,3,5H2. The molecule has 0 N–H and O–H groups in total. The van der Waals surface area contributed by atoms with Gasteiger partial charge in [-0.15, -0.1) is 0 Å². The topological polar surface area (TPSA) is 43.4 Å². The molecule has 1 heterocycles. The predicted molar refractivity (Wildman–Crippen MR) is 41.0 cm³/mol. The number of hydrogen-bond acceptors (Lipinski definition) is 3. The Morgan fingerprint density at radius 1 is 1.08 bits per heavy atom. The van der Waals surface area contributed by atoms with Crippen LogP contribution in [0, 0.1) is 6.61 Å². The van der Waals surface area contributed by atoms with Gasteiger partial charge in [0.15, 0.2) is 11.6 Å². The summed E-state index contributed by atoms with van der Waals surface area (Å²) in [5.74, 6) is -0.165.